The Morgan fingerprint density at radius 2 is 0.762 bits per heavy atom. The van der Waals surface area contributed by atoms with E-state index in [0.717, 1.165) is 58.9 Å². The van der Waals surface area contributed by atoms with Crippen LogP contribution in [0.3, 0.4) is 0 Å². The van der Waals surface area contributed by atoms with E-state index in [1.807, 2.05) is 62.3 Å². The second-order valence-corrected chi connectivity index (χ2v) is 19.3. The summed E-state index contributed by atoms with van der Waals surface area (Å²) >= 11 is 0. The van der Waals surface area contributed by atoms with Crippen molar-refractivity contribution in [1.29, 1.82) is 0 Å². The average Bonchev–Trinajstić information content (AvgIpc) is 3.16. The highest BCUT2D eigenvalue weighted by Crippen LogP contribution is 2.38. The number of hydrogen-bond acceptors (Lipinski definition) is 15. The van der Waals surface area contributed by atoms with Crippen molar-refractivity contribution >= 4 is 13.3 Å². The Kier molecular flexibility index (Phi) is 69.6. The third-order valence-corrected chi connectivity index (χ3v) is 6.89. The van der Waals surface area contributed by atoms with Gasteiger partial charge in [0.2, 0.25) is 0 Å². The summed E-state index contributed by atoms with van der Waals surface area (Å²) in [6.07, 6.45) is 4.30. The van der Waals surface area contributed by atoms with Crippen molar-refractivity contribution in [2.24, 2.45) is 5.41 Å². The molecule has 0 spiro atoms. The minimum atomic E-state index is -2.22. The molecule has 0 aliphatic heterocycles. The van der Waals surface area contributed by atoms with E-state index in [-0.39, 0.29) is 18.3 Å². The normalized spacial score (nSPS) is 11.1. The molecule has 0 unspecified atom stereocenters. The molecule has 0 aromatic heterocycles. The molecule has 63 heavy (non-hydrogen) atoms. The molecule has 0 amide bonds. The lowest BCUT2D eigenvalue weighted by Gasteiger charge is -2.23. The van der Waals surface area contributed by atoms with Gasteiger partial charge in [0.05, 0.1) is 103 Å². The molecule has 3 N–H and O–H groups in total. The lowest BCUT2D eigenvalue weighted by atomic mass is 9.93. The number of carbonyl (C=O) groups excluding carboxylic acids is 1. The minimum Gasteiger partial charge on any atom is -0.462 e. The Hall–Kier alpha value is -0.780. The van der Waals surface area contributed by atoms with Gasteiger partial charge in [0, 0.05) is 45.9 Å². The molecule has 0 saturated heterocycles. The summed E-state index contributed by atoms with van der Waals surface area (Å²) in [6, 6.07) is 0. The van der Waals surface area contributed by atoms with Gasteiger partial charge in [0.15, 0.2) is 7.37 Å². The molecule has 0 aliphatic carbocycles. The fourth-order valence-electron chi connectivity index (χ4n) is 3.28. The molecule has 16 heteroatoms. The van der Waals surface area contributed by atoms with Crippen LogP contribution in [0.5, 0.6) is 0 Å². The minimum absolute atomic E-state index is 0.0795. The van der Waals surface area contributed by atoms with Gasteiger partial charge in [-0.05, 0) is 130 Å². The van der Waals surface area contributed by atoms with Gasteiger partial charge in [0.1, 0.15) is 5.41 Å². The first kappa shape index (κ1) is 76.5. The SMILES string of the molecule is CC(C)O.CC(C)OC(=O)C(C)(CO)CO.CC(C)OP(C)(C)=O.CCCOC(C)C.CCCOCCOC(C)C.CCCOCCOCCOC(C)C.CCOCCOC(C)C. The summed E-state index contributed by atoms with van der Waals surface area (Å²) in [5.41, 5.74) is -1.18. The standard InChI is InChI=1S/C10H22O3.C8H16O4.C8H18O2.C7H16O2.C6H14O.C5H13O2P.C3H8O/c1-4-5-11-6-7-12-8-9-13-10(2)3;1-6(2)12-7(11)8(3,4-9)5-10;1-4-5-9-6-7-10-8(2)3;1-4-8-5-6-9-7(2)3;1-4-5-7-6(2)3;1-5(2)7-8(3,4)6;1-3(2)4/h10H,4-9H2,1-3H3;6,9-10H,4-5H2,1-3H3;8H,4-7H2,1-3H3;7H,4-6H2,1-3H3;6H,4-5H2,1-3H3;5H,1-4H3;3-4H,1-2H3. The lowest BCUT2D eigenvalue weighted by Crippen LogP contribution is -2.38. The Morgan fingerprint density at radius 1 is 0.476 bits per heavy atom. The van der Waals surface area contributed by atoms with Gasteiger partial charge in [0.25, 0.3) is 0 Å². The van der Waals surface area contributed by atoms with Crippen LogP contribution in [0.4, 0.5) is 0 Å². The van der Waals surface area contributed by atoms with E-state index in [2.05, 4.69) is 34.6 Å². The zero-order valence-electron chi connectivity index (χ0n) is 44.8. The second kappa shape index (κ2) is 57.3. The fraction of sp³-hybridized carbons (Fsp3) is 0.979. The van der Waals surface area contributed by atoms with E-state index in [0.29, 0.717) is 64.1 Å². The molecule has 15 nitrogen and oxygen atoms in total. The molecule has 0 radical (unpaired) electrons. The van der Waals surface area contributed by atoms with Crippen LogP contribution < -0.4 is 0 Å². The van der Waals surface area contributed by atoms with Crippen molar-refractivity contribution in [2.45, 2.75) is 194 Å². The smallest absolute Gasteiger partial charge is 0.316 e. The number of ether oxygens (including phenoxy) is 9. The summed E-state index contributed by atoms with van der Waals surface area (Å²) in [6.45, 7) is 47.9. The molecule has 0 saturated carbocycles. The Morgan fingerprint density at radius 3 is 0.968 bits per heavy atom. The Labute approximate surface area is 389 Å². The highest BCUT2D eigenvalue weighted by atomic mass is 31.2. The quantitative estimate of drug-likeness (QED) is 0.0366. The first-order chi connectivity index (χ1) is 29.2. The maximum atomic E-state index is 11.2. The van der Waals surface area contributed by atoms with Crippen molar-refractivity contribution in [3.63, 3.8) is 0 Å². The molecule has 0 aromatic rings. The van der Waals surface area contributed by atoms with Gasteiger partial charge >= 0.3 is 5.97 Å². The number of aliphatic hydroxyl groups excluding tert-OH is 3. The molecule has 390 valence electrons. The van der Waals surface area contributed by atoms with Crippen LogP contribution in [0.15, 0.2) is 0 Å². The summed E-state index contributed by atoms with van der Waals surface area (Å²) in [5.74, 6) is -0.567. The average molecular weight is 943 g/mol. The van der Waals surface area contributed by atoms with Crippen LogP contribution in [-0.4, -0.2) is 170 Å². The molecule has 0 bridgehead atoms. The third-order valence-electron chi connectivity index (χ3n) is 5.96. The van der Waals surface area contributed by atoms with Crippen molar-refractivity contribution in [1.82, 2.24) is 0 Å². The molecular formula is C47H107O15P. The molecular weight excluding hydrogens is 835 g/mol. The van der Waals surface area contributed by atoms with Crippen molar-refractivity contribution in [3.8, 4) is 0 Å². The fourth-order valence-corrected chi connectivity index (χ4v) is 4.30. The molecule has 0 aromatic carbocycles. The molecule has 0 heterocycles. The number of esters is 1. The van der Waals surface area contributed by atoms with Crippen LogP contribution in [-0.2, 0) is 56.5 Å². The summed E-state index contributed by atoms with van der Waals surface area (Å²) in [4.78, 5) is 11.2. The van der Waals surface area contributed by atoms with E-state index in [1.54, 1.807) is 41.0 Å². The first-order valence-electron chi connectivity index (χ1n) is 23.3. The molecule has 0 rings (SSSR count). The van der Waals surface area contributed by atoms with Gasteiger partial charge in [-0.3, -0.25) is 9.36 Å². The van der Waals surface area contributed by atoms with Gasteiger partial charge in [-0.1, -0.05) is 20.8 Å². The van der Waals surface area contributed by atoms with Crippen molar-refractivity contribution in [3.05, 3.63) is 0 Å². The maximum Gasteiger partial charge on any atom is 0.316 e. The Balaban J connectivity index is -0.000000119. The van der Waals surface area contributed by atoms with Gasteiger partial charge in [-0.15, -0.1) is 0 Å². The molecule has 0 atom stereocenters. The van der Waals surface area contributed by atoms with Crippen LogP contribution >= 0.6 is 7.37 Å². The topological polar surface area (TPSA) is 187 Å². The monoisotopic (exact) mass is 943 g/mol. The largest absolute Gasteiger partial charge is 0.462 e. The highest BCUT2D eigenvalue weighted by molar-refractivity contribution is 7.57. The predicted molar refractivity (Wildman–Crippen MR) is 261 cm³/mol. The van der Waals surface area contributed by atoms with Crippen molar-refractivity contribution < 1.29 is 71.8 Å². The molecule has 0 aliphatic rings. The zero-order chi connectivity index (χ0) is 50.7. The summed E-state index contributed by atoms with van der Waals surface area (Å²) < 4.78 is 62.4. The van der Waals surface area contributed by atoms with E-state index in [1.165, 1.54) is 6.92 Å². The summed E-state index contributed by atoms with van der Waals surface area (Å²) in [7, 11) is -2.22. The van der Waals surface area contributed by atoms with Crippen LogP contribution in [0.1, 0.15) is 151 Å². The van der Waals surface area contributed by atoms with E-state index in [9.17, 15) is 9.36 Å². The second-order valence-electron chi connectivity index (χ2n) is 16.5. The van der Waals surface area contributed by atoms with E-state index in [4.69, 9.17) is 62.5 Å². The summed E-state index contributed by atoms with van der Waals surface area (Å²) in [5, 5.41) is 25.7. The van der Waals surface area contributed by atoms with E-state index >= 15 is 0 Å². The Bertz CT molecular complexity index is 876. The predicted octanol–water partition coefficient (Wildman–Crippen LogP) is 9.23. The molecule has 0 fully saturated rings. The van der Waals surface area contributed by atoms with Gasteiger partial charge < -0.3 is 62.5 Å². The van der Waals surface area contributed by atoms with Gasteiger partial charge in [-0.25, -0.2) is 0 Å². The number of aliphatic hydroxyl groups is 3. The number of carbonyl (C=O) groups is 1. The number of hydrogen-bond donors (Lipinski definition) is 3. The zero-order valence-corrected chi connectivity index (χ0v) is 45.6. The van der Waals surface area contributed by atoms with Gasteiger partial charge in [-0.2, -0.15) is 0 Å². The number of rotatable bonds is 29. The van der Waals surface area contributed by atoms with Crippen molar-refractivity contribution in [2.75, 3.05) is 106 Å². The third kappa shape index (κ3) is 96.3. The van der Waals surface area contributed by atoms with E-state index < -0.39 is 32.0 Å². The maximum absolute atomic E-state index is 11.2. The first-order valence-corrected chi connectivity index (χ1v) is 25.8. The van der Waals surface area contributed by atoms with Crippen LogP contribution in [0.2, 0.25) is 0 Å². The highest BCUT2D eigenvalue weighted by Gasteiger charge is 2.34. The van der Waals surface area contributed by atoms with Crippen LogP contribution in [0, 0.1) is 5.41 Å². The van der Waals surface area contributed by atoms with Crippen LogP contribution in [0.25, 0.3) is 0 Å². The lowest BCUT2D eigenvalue weighted by molar-refractivity contribution is -0.164.